The lowest BCUT2D eigenvalue weighted by molar-refractivity contribution is -0.114. The first-order chi connectivity index (χ1) is 22.9. The quantitative estimate of drug-likeness (QED) is 0.208. The van der Waals surface area contributed by atoms with E-state index in [1.807, 2.05) is 72.0 Å². The molecule has 0 radical (unpaired) electrons. The molecule has 11 heteroatoms. The van der Waals surface area contributed by atoms with Crippen LogP contribution < -0.4 is 20.5 Å². The monoisotopic (exact) mass is 642 g/mol. The average molecular weight is 643 g/mol. The smallest absolute Gasteiger partial charge is 0.221 e. The Morgan fingerprint density at radius 1 is 0.723 bits per heavy atom. The minimum absolute atomic E-state index is 0.0882. The summed E-state index contributed by atoms with van der Waals surface area (Å²) in [7, 11) is 3.83. The van der Waals surface area contributed by atoms with Crippen LogP contribution in [0.1, 0.15) is 45.4 Å². The zero-order valence-corrected chi connectivity index (χ0v) is 28.2. The van der Waals surface area contributed by atoms with Gasteiger partial charge >= 0.3 is 0 Å². The van der Waals surface area contributed by atoms with Crippen LogP contribution in [0.25, 0.3) is 22.5 Å². The summed E-state index contributed by atoms with van der Waals surface area (Å²) in [4.78, 5) is 16.3. The predicted molar refractivity (Wildman–Crippen MR) is 188 cm³/mol. The molecule has 2 aromatic carbocycles. The molecule has 1 amide bonds. The van der Waals surface area contributed by atoms with E-state index in [-0.39, 0.29) is 5.91 Å². The number of nitrogens with two attached hydrogens (primary N) is 1. The van der Waals surface area contributed by atoms with Gasteiger partial charge in [-0.1, -0.05) is 12.8 Å². The van der Waals surface area contributed by atoms with Gasteiger partial charge in [0.15, 0.2) is 0 Å². The van der Waals surface area contributed by atoms with E-state index < -0.39 is 0 Å². The number of rotatable bonds is 11. The van der Waals surface area contributed by atoms with Crippen LogP contribution in [0.4, 0.5) is 11.4 Å². The number of nitrogen functional groups attached to an aromatic ring is 1. The number of anilines is 2. The summed E-state index contributed by atoms with van der Waals surface area (Å²) < 4.78 is 15.8. The predicted octanol–water partition coefficient (Wildman–Crippen LogP) is 5.44. The van der Waals surface area contributed by atoms with Gasteiger partial charge in [0.2, 0.25) is 5.91 Å². The number of likely N-dealkylation sites (tertiary alicyclic amines) is 2. The zero-order chi connectivity index (χ0) is 33.0. The summed E-state index contributed by atoms with van der Waals surface area (Å²) in [5.41, 5.74) is 11.3. The Balaban J connectivity index is 0.000000186. The van der Waals surface area contributed by atoms with Gasteiger partial charge in [-0.15, -0.1) is 0 Å². The molecule has 0 bridgehead atoms. The van der Waals surface area contributed by atoms with Crippen LogP contribution in [0.15, 0.2) is 60.9 Å². The molecule has 3 N–H and O–H groups in total. The first-order valence-corrected chi connectivity index (χ1v) is 16.9. The van der Waals surface area contributed by atoms with Crippen molar-refractivity contribution in [3.8, 4) is 34.0 Å². The van der Waals surface area contributed by atoms with Crippen molar-refractivity contribution in [1.82, 2.24) is 29.4 Å². The lowest BCUT2D eigenvalue weighted by Gasteiger charge is -2.26. The number of hydrogen-bond acceptors (Lipinski definition) is 8. The molecule has 2 fully saturated rings. The Labute approximate surface area is 278 Å². The molecular weight excluding hydrogens is 592 g/mol. The second-order valence-corrected chi connectivity index (χ2v) is 12.3. The Morgan fingerprint density at radius 2 is 1.21 bits per heavy atom. The number of carbonyl (C=O) groups excluding carboxylic acids is 1. The standard InChI is InChI=1S/C19H26N4O2.C17H24N4O/c1-15(24)21-16-6-7-19(17(14-16)18-8-9-20-22(18)2)25-13-12-23-10-4-3-5-11-23;1-20-16(7-8-19-20)15-13-14(18)5-6-17(15)22-12-11-21-9-3-2-4-10-21/h6-9,14H,3-5,10-13H2,1-2H3,(H,21,24);5-8,13H,2-4,9-12,18H2,1H3. The third-order valence-electron chi connectivity index (χ3n) is 8.72. The average Bonchev–Trinajstić information content (AvgIpc) is 3.71. The van der Waals surface area contributed by atoms with E-state index in [0.29, 0.717) is 13.2 Å². The molecule has 6 rings (SSSR count). The molecule has 0 aliphatic carbocycles. The van der Waals surface area contributed by atoms with E-state index in [4.69, 9.17) is 15.2 Å². The van der Waals surface area contributed by atoms with E-state index in [0.717, 1.165) is 58.5 Å². The van der Waals surface area contributed by atoms with Gasteiger partial charge in [-0.2, -0.15) is 10.2 Å². The summed E-state index contributed by atoms with van der Waals surface area (Å²) in [6.45, 7) is 9.51. The van der Waals surface area contributed by atoms with Gasteiger partial charge in [-0.05, 0) is 100 Å². The second-order valence-electron chi connectivity index (χ2n) is 12.3. The van der Waals surface area contributed by atoms with E-state index in [1.54, 1.807) is 12.4 Å². The van der Waals surface area contributed by atoms with Gasteiger partial charge in [-0.25, -0.2) is 0 Å². The molecule has 2 aromatic heterocycles. The van der Waals surface area contributed by atoms with Crippen molar-refractivity contribution in [3.05, 3.63) is 60.9 Å². The summed E-state index contributed by atoms with van der Waals surface area (Å²) >= 11 is 0. The highest BCUT2D eigenvalue weighted by molar-refractivity contribution is 5.90. The maximum atomic E-state index is 11.3. The van der Waals surface area contributed by atoms with Gasteiger partial charge in [0.1, 0.15) is 24.7 Å². The van der Waals surface area contributed by atoms with Crippen molar-refractivity contribution < 1.29 is 14.3 Å². The summed E-state index contributed by atoms with van der Waals surface area (Å²) in [6, 6.07) is 15.4. The Morgan fingerprint density at radius 3 is 1.68 bits per heavy atom. The number of nitrogens with zero attached hydrogens (tertiary/aromatic N) is 6. The van der Waals surface area contributed by atoms with Gasteiger partial charge < -0.3 is 20.5 Å². The highest BCUT2D eigenvalue weighted by atomic mass is 16.5. The van der Waals surface area contributed by atoms with Crippen LogP contribution in [-0.2, 0) is 18.9 Å². The van der Waals surface area contributed by atoms with Gasteiger partial charge in [-0.3, -0.25) is 24.0 Å². The highest BCUT2D eigenvalue weighted by Crippen LogP contribution is 2.33. The third kappa shape index (κ3) is 9.82. The molecule has 11 nitrogen and oxygen atoms in total. The van der Waals surface area contributed by atoms with Crippen LogP contribution in [0.3, 0.4) is 0 Å². The van der Waals surface area contributed by atoms with Crippen molar-refractivity contribution in [3.63, 3.8) is 0 Å². The number of ether oxygens (including phenoxy) is 2. The van der Waals surface area contributed by atoms with Crippen molar-refractivity contribution in [2.45, 2.75) is 45.4 Å². The van der Waals surface area contributed by atoms with E-state index >= 15 is 0 Å². The van der Waals surface area contributed by atoms with Crippen LogP contribution in [0, 0.1) is 0 Å². The molecule has 4 heterocycles. The molecule has 0 unspecified atom stereocenters. The highest BCUT2D eigenvalue weighted by Gasteiger charge is 2.15. The molecular formula is C36H50N8O3. The lowest BCUT2D eigenvalue weighted by Crippen LogP contribution is -2.33. The van der Waals surface area contributed by atoms with Gasteiger partial charge in [0.05, 0.1) is 11.4 Å². The van der Waals surface area contributed by atoms with Gasteiger partial charge in [0.25, 0.3) is 0 Å². The normalized spacial score (nSPS) is 15.5. The SMILES string of the molecule is CC(=O)Nc1ccc(OCCN2CCCCC2)c(-c2ccnn2C)c1.Cn1nccc1-c1cc(N)ccc1OCCN1CCCCC1. The van der Waals surface area contributed by atoms with Crippen LogP contribution in [-0.4, -0.2) is 87.8 Å². The summed E-state index contributed by atoms with van der Waals surface area (Å²) in [5.74, 6) is 1.60. The fraction of sp³-hybridized carbons (Fsp3) is 0.472. The molecule has 47 heavy (non-hydrogen) atoms. The van der Waals surface area contributed by atoms with Gasteiger partial charge in [0, 0.05) is 69.0 Å². The van der Waals surface area contributed by atoms with E-state index in [1.165, 1.54) is 71.6 Å². The van der Waals surface area contributed by atoms with Crippen LogP contribution in [0.2, 0.25) is 0 Å². The number of hydrogen-bond donors (Lipinski definition) is 2. The minimum Gasteiger partial charge on any atom is -0.492 e. The number of benzene rings is 2. The first-order valence-electron chi connectivity index (χ1n) is 16.9. The minimum atomic E-state index is -0.0882. The Bertz CT molecular complexity index is 1570. The topological polar surface area (TPSA) is 116 Å². The zero-order valence-electron chi connectivity index (χ0n) is 28.2. The number of aromatic nitrogens is 4. The molecule has 0 spiro atoms. The number of aryl methyl sites for hydroxylation is 2. The van der Waals surface area contributed by atoms with Crippen LogP contribution in [0.5, 0.6) is 11.5 Å². The number of carbonyl (C=O) groups is 1. The van der Waals surface area contributed by atoms with Crippen molar-refractivity contribution in [1.29, 1.82) is 0 Å². The molecule has 0 saturated carbocycles. The molecule has 4 aromatic rings. The lowest BCUT2D eigenvalue weighted by atomic mass is 10.1. The summed E-state index contributed by atoms with van der Waals surface area (Å²) in [5, 5.41) is 11.3. The van der Waals surface area contributed by atoms with Crippen molar-refractivity contribution >= 4 is 17.3 Å². The number of amides is 1. The maximum Gasteiger partial charge on any atom is 0.221 e. The Kier molecular flexibility index (Phi) is 12.3. The molecule has 2 aliphatic rings. The fourth-order valence-corrected chi connectivity index (χ4v) is 6.22. The second kappa shape index (κ2) is 17.0. The Hall–Kier alpha value is -4.35. The molecule has 252 valence electrons. The number of nitrogens with one attached hydrogen (secondary N) is 1. The van der Waals surface area contributed by atoms with E-state index in [9.17, 15) is 4.79 Å². The largest absolute Gasteiger partial charge is 0.492 e. The summed E-state index contributed by atoms with van der Waals surface area (Å²) in [6.07, 6.45) is 11.4. The first kappa shape index (κ1) is 34.0. The molecule has 2 aliphatic heterocycles. The molecule has 2 saturated heterocycles. The fourth-order valence-electron chi connectivity index (χ4n) is 6.22. The maximum absolute atomic E-state index is 11.3. The third-order valence-corrected chi connectivity index (χ3v) is 8.72. The van der Waals surface area contributed by atoms with E-state index in [2.05, 4.69) is 25.3 Å². The van der Waals surface area contributed by atoms with Crippen molar-refractivity contribution in [2.24, 2.45) is 14.1 Å². The number of piperidine rings is 2. The molecule has 0 atom stereocenters. The van der Waals surface area contributed by atoms with Crippen LogP contribution >= 0.6 is 0 Å². The van der Waals surface area contributed by atoms with Crippen molar-refractivity contribution in [2.75, 3.05) is 63.5 Å².